The molecule has 5 rings (SSSR count). The Morgan fingerprint density at radius 3 is 2.40 bits per heavy atom. The van der Waals surface area contributed by atoms with Crippen LogP contribution >= 0.6 is 0 Å². The third kappa shape index (κ3) is 2.92. The fourth-order valence-corrected chi connectivity index (χ4v) is 5.38. The average molecular weight is 355 g/mol. The van der Waals surface area contributed by atoms with Crippen molar-refractivity contribution in [2.24, 2.45) is 11.8 Å². The van der Waals surface area contributed by atoms with Gasteiger partial charge in [-0.05, 0) is 62.5 Å². The molecule has 1 aromatic rings. The summed E-state index contributed by atoms with van der Waals surface area (Å²) in [4.78, 5) is 12.2. The number of hydrogen-bond acceptors (Lipinski definition) is 3. The number of anilines is 1. The average Bonchev–Trinajstić information content (AvgIpc) is 2.49. The number of hydrazine groups is 1. The maximum atomic E-state index is 13.6. The molecule has 2 unspecified atom stereocenters. The number of benzene rings is 1. The van der Waals surface area contributed by atoms with Gasteiger partial charge in [0.05, 0.1) is 11.3 Å². The van der Waals surface area contributed by atoms with E-state index in [0.717, 1.165) is 44.2 Å². The second kappa shape index (κ2) is 5.52. The summed E-state index contributed by atoms with van der Waals surface area (Å²) in [5, 5.41) is 13.6. The number of hydrogen-bond donors (Lipinski definition) is 4. The van der Waals surface area contributed by atoms with Crippen molar-refractivity contribution in [2.45, 2.75) is 49.7 Å². The molecule has 5 nitrogen and oxygen atoms in total. The number of urea groups is 1. The zero-order valence-corrected chi connectivity index (χ0v) is 13.5. The van der Waals surface area contributed by atoms with Crippen LogP contribution in [0.2, 0.25) is 0 Å². The minimum atomic E-state index is -1.60. The summed E-state index contributed by atoms with van der Waals surface area (Å²) in [6.07, 6.45) is 4.81. The number of rotatable bonds is 3. The quantitative estimate of drug-likeness (QED) is 0.498. The second-order valence-corrected chi connectivity index (χ2v) is 7.89. The minimum Gasteiger partial charge on any atom is -0.390 e. The van der Waals surface area contributed by atoms with Crippen molar-refractivity contribution in [1.29, 1.82) is 0 Å². The molecule has 4 aliphatic rings. The molecule has 0 spiro atoms. The lowest BCUT2D eigenvalue weighted by Crippen LogP contribution is -2.66. The largest absolute Gasteiger partial charge is 0.390 e. The van der Waals surface area contributed by atoms with Gasteiger partial charge in [-0.3, -0.25) is 10.9 Å². The maximum Gasteiger partial charge on any atom is 0.333 e. The Morgan fingerprint density at radius 1 is 1.08 bits per heavy atom. The molecule has 0 saturated heterocycles. The maximum absolute atomic E-state index is 13.6. The first kappa shape index (κ1) is 16.5. The Morgan fingerprint density at radius 2 is 1.76 bits per heavy atom. The molecule has 136 valence electrons. The van der Waals surface area contributed by atoms with E-state index in [1.807, 2.05) is 0 Å². The third-order valence-corrected chi connectivity index (χ3v) is 5.75. The molecule has 2 amide bonds. The van der Waals surface area contributed by atoms with Crippen LogP contribution in [0.15, 0.2) is 12.1 Å². The van der Waals surface area contributed by atoms with Crippen molar-refractivity contribution in [3.8, 4) is 0 Å². The van der Waals surface area contributed by atoms with Crippen LogP contribution < -0.4 is 16.2 Å². The molecule has 0 aromatic heterocycles. The number of carbonyl (C=O) groups is 1. The van der Waals surface area contributed by atoms with Crippen LogP contribution in [0.25, 0.3) is 0 Å². The van der Waals surface area contributed by atoms with E-state index in [2.05, 4.69) is 16.2 Å². The SMILES string of the molecule is O=C(NNc1ccc(F)c(F)c1F)NC12CC3CC(CC(O)(C3)C1)C2. The topological polar surface area (TPSA) is 73.4 Å². The van der Waals surface area contributed by atoms with Crippen molar-refractivity contribution in [3.63, 3.8) is 0 Å². The highest BCUT2D eigenvalue weighted by Crippen LogP contribution is 2.57. The van der Waals surface area contributed by atoms with Gasteiger partial charge in [0, 0.05) is 5.54 Å². The first-order chi connectivity index (χ1) is 11.8. The molecule has 8 heteroatoms. The van der Waals surface area contributed by atoms with Crippen LogP contribution in [0.3, 0.4) is 0 Å². The highest BCUT2D eigenvalue weighted by Gasteiger charge is 2.57. The number of carbonyl (C=O) groups excluding carboxylic acids is 1. The number of amides is 2. The molecule has 2 atom stereocenters. The van der Waals surface area contributed by atoms with Crippen molar-refractivity contribution in [1.82, 2.24) is 10.7 Å². The molecule has 4 aliphatic carbocycles. The smallest absolute Gasteiger partial charge is 0.333 e. The fraction of sp³-hybridized carbons (Fsp3) is 0.588. The van der Waals surface area contributed by atoms with E-state index in [0.29, 0.717) is 18.3 Å². The van der Waals surface area contributed by atoms with E-state index in [9.17, 15) is 23.1 Å². The van der Waals surface area contributed by atoms with E-state index >= 15 is 0 Å². The summed E-state index contributed by atoms with van der Waals surface area (Å²) in [6, 6.07) is 1.19. The normalized spacial score (nSPS) is 35.5. The molecule has 0 radical (unpaired) electrons. The Labute approximate surface area is 143 Å². The molecule has 1 aromatic carbocycles. The minimum absolute atomic E-state index is 0.363. The summed E-state index contributed by atoms with van der Waals surface area (Å²) in [5.41, 5.74) is 2.99. The Balaban J connectivity index is 1.41. The molecule has 4 fully saturated rings. The second-order valence-electron chi connectivity index (χ2n) is 7.89. The molecule has 0 heterocycles. The van der Waals surface area contributed by atoms with Crippen molar-refractivity contribution < 1.29 is 23.1 Å². The van der Waals surface area contributed by atoms with E-state index < -0.39 is 34.6 Å². The first-order valence-corrected chi connectivity index (χ1v) is 8.48. The Bertz CT molecular complexity index is 713. The first-order valence-electron chi connectivity index (χ1n) is 8.48. The van der Waals surface area contributed by atoms with Crippen molar-refractivity contribution >= 4 is 11.7 Å². The van der Waals surface area contributed by atoms with Crippen molar-refractivity contribution in [2.75, 3.05) is 5.43 Å². The van der Waals surface area contributed by atoms with Gasteiger partial charge in [-0.2, -0.15) is 0 Å². The van der Waals surface area contributed by atoms with E-state index in [1.165, 1.54) is 0 Å². The van der Waals surface area contributed by atoms with E-state index in [1.54, 1.807) is 0 Å². The van der Waals surface area contributed by atoms with Gasteiger partial charge >= 0.3 is 6.03 Å². The van der Waals surface area contributed by atoms with Crippen LogP contribution in [0.5, 0.6) is 0 Å². The monoisotopic (exact) mass is 355 g/mol. The summed E-state index contributed by atoms with van der Waals surface area (Å²) in [5.74, 6) is -3.49. The summed E-state index contributed by atoms with van der Waals surface area (Å²) in [7, 11) is 0. The molecular formula is C17H20F3N3O2. The van der Waals surface area contributed by atoms with E-state index in [-0.39, 0.29) is 5.69 Å². The van der Waals surface area contributed by atoms with E-state index in [4.69, 9.17) is 0 Å². The highest BCUT2D eigenvalue weighted by molar-refractivity contribution is 5.76. The number of nitrogens with one attached hydrogen (secondary N) is 3. The van der Waals surface area contributed by atoms with Gasteiger partial charge in [0.2, 0.25) is 0 Å². The van der Waals surface area contributed by atoms with Gasteiger partial charge in [0.1, 0.15) is 0 Å². The summed E-state index contributed by atoms with van der Waals surface area (Å²) < 4.78 is 39.7. The number of aliphatic hydroxyl groups is 1. The van der Waals surface area contributed by atoms with Crippen LogP contribution in [0.4, 0.5) is 23.7 Å². The summed E-state index contributed by atoms with van der Waals surface area (Å²) in [6.45, 7) is 0. The predicted molar refractivity (Wildman–Crippen MR) is 84.0 cm³/mol. The standard InChI is InChI=1S/C17H20F3N3O2/c18-11-1-2-12(14(20)13(11)19)22-23-15(24)21-16-4-9-3-10(5-16)7-17(25,6-9)8-16/h1-2,9-10,22,25H,3-8H2,(H2,21,23,24). The molecule has 4 bridgehead atoms. The van der Waals surface area contributed by atoms with Gasteiger partial charge < -0.3 is 10.4 Å². The fourth-order valence-electron chi connectivity index (χ4n) is 5.38. The van der Waals surface area contributed by atoms with Crippen LogP contribution in [0, 0.1) is 29.3 Å². The zero-order chi connectivity index (χ0) is 17.8. The lowest BCUT2D eigenvalue weighted by molar-refractivity contribution is -0.139. The lowest BCUT2D eigenvalue weighted by atomic mass is 9.51. The Hall–Kier alpha value is -1.96. The zero-order valence-electron chi connectivity index (χ0n) is 13.5. The molecule has 4 N–H and O–H groups in total. The van der Waals surface area contributed by atoms with Gasteiger partial charge in [-0.25, -0.2) is 18.0 Å². The van der Waals surface area contributed by atoms with Crippen LogP contribution in [-0.4, -0.2) is 22.3 Å². The molecule has 25 heavy (non-hydrogen) atoms. The molecule has 4 saturated carbocycles. The van der Waals surface area contributed by atoms with Gasteiger partial charge in [0.15, 0.2) is 17.5 Å². The van der Waals surface area contributed by atoms with Gasteiger partial charge in [-0.15, -0.1) is 0 Å². The molecule has 0 aliphatic heterocycles. The molecular weight excluding hydrogens is 335 g/mol. The lowest BCUT2D eigenvalue weighted by Gasteiger charge is -2.60. The number of halogens is 3. The Kier molecular flexibility index (Phi) is 3.64. The van der Waals surface area contributed by atoms with Crippen molar-refractivity contribution in [3.05, 3.63) is 29.6 Å². The summed E-state index contributed by atoms with van der Waals surface area (Å²) >= 11 is 0. The van der Waals surface area contributed by atoms with Crippen LogP contribution in [0.1, 0.15) is 38.5 Å². The predicted octanol–water partition coefficient (Wildman–Crippen LogP) is 2.81. The third-order valence-electron chi connectivity index (χ3n) is 5.75. The van der Waals surface area contributed by atoms with Gasteiger partial charge in [0.25, 0.3) is 0 Å². The van der Waals surface area contributed by atoms with Gasteiger partial charge in [-0.1, -0.05) is 0 Å². The highest BCUT2D eigenvalue weighted by atomic mass is 19.2. The van der Waals surface area contributed by atoms with Crippen LogP contribution in [-0.2, 0) is 0 Å².